The Morgan fingerprint density at radius 1 is 0.508 bits per heavy atom. The molecule has 336 valence electrons. The van der Waals surface area contributed by atoms with E-state index in [1.165, 1.54) is 36.0 Å². The van der Waals surface area contributed by atoms with Gasteiger partial charge in [0.15, 0.2) is 5.16 Å². The van der Waals surface area contributed by atoms with Crippen LogP contribution in [0.2, 0.25) is 0 Å². The molecule has 0 aliphatic rings. The number of hydrogen-bond donors (Lipinski definition) is 4. The molecule has 0 bridgehead atoms. The summed E-state index contributed by atoms with van der Waals surface area (Å²) in [6, 6.07) is 30.5. The Balaban J connectivity index is 1.29. The topological polar surface area (TPSA) is 227 Å². The highest BCUT2D eigenvalue weighted by molar-refractivity contribution is 7.99. The maximum atomic E-state index is 12.2. The monoisotopic (exact) mass is 933 g/mol. The van der Waals surface area contributed by atoms with Crippen LogP contribution in [-0.2, 0) is 20.2 Å². The Bertz CT molecular complexity index is 2960. The quantitative estimate of drug-likeness (QED) is 0.0357. The van der Waals surface area contributed by atoms with Crippen LogP contribution in [0, 0.1) is 0 Å². The maximum Gasteiger partial charge on any atom is 0.295 e. The highest BCUT2D eigenvalue weighted by Crippen LogP contribution is 2.39. The van der Waals surface area contributed by atoms with E-state index < -0.39 is 20.2 Å². The van der Waals surface area contributed by atoms with Crippen LogP contribution in [0.15, 0.2) is 145 Å². The van der Waals surface area contributed by atoms with E-state index in [1.807, 2.05) is 43.3 Å². The van der Waals surface area contributed by atoms with Crippen LogP contribution in [0.5, 0.6) is 0 Å². The lowest BCUT2D eigenvalue weighted by atomic mass is 10.1. The second-order valence-electron chi connectivity index (χ2n) is 14.3. The Kier molecular flexibility index (Phi) is 14.3. The summed E-state index contributed by atoms with van der Waals surface area (Å²) in [5, 5.41) is 27.1. The lowest BCUT2D eigenvalue weighted by Crippen LogP contribution is -2.21. The number of rotatable bonds is 18. The van der Waals surface area contributed by atoms with Crippen molar-refractivity contribution in [1.82, 2.24) is 15.0 Å². The molecule has 1 aromatic heterocycles. The van der Waals surface area contributed by atoms with Gasteiger partial charge in [0.25, 0.3) is 20.2 Å². The second-order valence-corrected chi connectivity index (χ2v) is 18.3. The van der Waals surface area contributed by atoms with Crippen LogP contribution in [-0.4, -0.2) is 72.8 Å². The lowest BCUT2D eigenvalue weighted by molar-refractivity contribution is 0.482. The fourth-order valence-corrected chi connectivity index (χ4v) is 9.20. The molecule has 0 spiro atoms. The van der Waals surface area contributed by atoms with Crippen LogP contribution in [0.1, 0.15) is 34.6 Å². The van der Waals surface area contributed by atoms with Crippen LogP contribution in [0.4, 0.5) is 57.4 Å². The summed E-state index contributed by atoms with van der Waals surface area (Å²) in [7, 11) is -8.98. The first-order chi connectivity index (χ1) is 31.2. The summed E-state index contributed by atoms with van der Waals surface area (Å²) in [5.41, 5.74) is 4.56. The molecule has 6 aromatic carbocycles. The third-order valence-electron chi connectivity index (χ3n) is 10.4. The maximum absolute atomic E-state index is 12.2. The molecule has 20 heteroatoms. The summed E-state index contributed by atoms with van der Waals surface area (Å²) in [4.78, 5) is 18.2. The summed E-state index contributed by atoms with van der Waals surface area (Å²) in [5.74, 6) is 1.09. The van der Waals surface area contributed by atoms with Crippen molar-refractivity contribution in [1.29, 1.82) is 0 Å². The third kappa shape index (κ3) is 10.7. The Labute approximate surface area is 381 Å². The van der Waals surface area contributed by atoms with Gasteiger partial charge in [0.2, 0.25) is 11.9 Å². The Morgan fingerprint density at radius 3 is 1.25 bits per heavy atom. The molecule has 0 amide bonds. The minimum absolute atomic E-state index is 0.211. The molecule has 65 heavy (non-hydrogen) atoms. The van der Waals surface area contributed by atoms with Crippen molar-refractivity contribution in [3.63, 3.8) is 0 Å². The van der Waals surface area contributed by atoms with Crippen molar-refractivity contribution in [2.75, 3.05) is 52.4 Å². The molecule has 0 saturated carbocycles. The first-order valence-electron chi connectivity index (χ1n) is 20.8. The van der Waals surface area contributed by atoms with E-state index in [-0.39, 0.29) is 21.7 Å². The normalized spacial score (nSPS) is 12.1. The molecule has 4 N–H and O–H groups in total. The van der Waals surface area contributed by atoms with E-state index in [1.54, 1.807) is 48.5 Å². The zero-order chi connectivity index (χ0) is 46.3. The van der Waals surface area contributed by atoms with Crippen LogP contribution < -0.4 is 20.4 Å². The smallest absolute Gasteiger partial charge is 0.295 e. The first-order valence-corrected chi connectivity index (χ1v) is 24.6. The third-order valence-corrected chi connectivity index (χ3v) is 13.0. The van der Waals surface area contributed by atoms with Crippen LogP contribution in [0.25, 0.3) is 21.5 Å². The van der Waals surface area contributed by atoms with E-state index >= 15 is 0 Å². The molecule has 0 aliphatic heterocycles. The number of benzene rings is 6. The van der Waals surface area contributed by atoms with Crippen molar-refractivity contribution >= 4 is 111 Å². The van der Waals surface area contributed by atoms with E-state index in [0.717, 1.165) is 37.6 Å². The molecule has 17 nitrogen and oxygen atoms in total. The van der Waals surface area contributed by atoms with Gasteiger partial charge in [-0.3, -0.25) is 9.11 Å². The predicted octanol–water partition coefficient (Wildman–Crippen LogP) is 11.8. The minimum Gasteiger partial charge on any atom is -0.372 e. The summed E-state index contributed by atoms with van der Waals surface area (Å²) in [6.07, 6.45) is 0. The van der Waals surface area contributed by atoms with Gasteiger partial charge in [-0.25, -0.2) is 0 Å². The summed E-state index contributed by atoms with van der Waals surface area (Å²) >= 11 is 1.42. The molecule has 0 saturated heterocycles. The first kappa shape index (κ1) is 46.4. The van der Waals surface area contributed by atoms with Crippen molar-refractivity contribution in [2.24, 2.45) is 20.5 Å². The number of azo groups is 2. The SMILES string of the molecule is CCSc1nc(Nc2cc(N(CC)CC)ccc2/N=N/c2ccc(S(=O)(=O)O)c3ccccc23)nc(Nc2cc(N(CC)CC)ccc2/N=N/c2ccc(S(=O)(=O)O)c3ccccc23)n1. The fourth-order valence-electron chi connectivity index (χ4n) is 7.25. The van der Waals surface area contributed by atoms with Gasteiger partial charge in [0.05, 0.1) is 22.7 Å². The number of nitrogens with one attached hydrogen (secondary N) is 2. The summed E-state index contributed by atoms with van der Waals surface area (Å²) < 4.78 is 68.4. The number of nitrogens with zero attached hydrogens (tertiary/aromatic N) is 9. The molecular weight excluding hydrogens is 887 g/mol. The molecule has 0 aliphatic carbocycles. The standard InChI is InChI=1S/C45H47N11O6S3/c1-6-55(7-2)29-19-21-37(53-51-35-23-25-41(64(57,58)59)33-17-13-11-15-31(33)35)39(27-29)46-43-48-44(50-45(49-43)63-10-5)47-40-28-30(56(8-3)9-4)20-22-38(40)54-52-36-24-26-42(65(60,61)62)34-18-14-12-16-32(34)36/h11-28H,6-10H2,1-5H3,(H,57,58,59)(H,60,61,62)(H2,46,47,48,49,50)/b53-51+,54-52+. The Morgan fingerprint density at radius 2 is 0.877 bits per heavy atom. The molecule has 7 rings (SSSR count). The molecule has 0 unspecified atom stereocenters. The zero-order valence-electron chi connectivity index (χ0n) is 36.2. The average molecular weight is 934 g/mol. The molecule has 0 atom stereocenters. The van der Waals surface area contributed by atoms with E-state index in [2.05, 4.69) is 68.6 Å². The van der Waals surface area contributed by atoms with Crippen molar-refractivity contribution in [3.8, 4) is 0 Å². The highest BCUT2D eigenvalue weighted by atomic mass is 32.2. The van der Waals surface area contributed by atoms with Gasteiger partial charge in [0, 0.05) is 59.1 Å². The van der Waals surface area contributed by atoms with E-state index in [4.69, 9.17) is 15.0 Å². The zero-order valence-corrected chi connectivity index (χ0v) is 38.7. The number of thioether (sulfide) groups is 1. The minimum atomic E-state index is -4.49. The van der Waals surface area contributed by atoms with E-state index in [0.29, 0.717) is 66.6 Å². The van der Waals surface area contributed by atoms with Crippen molar-refractivity contribution in [3.05, 3.63) is 109 Å². The number of aromatic nitrogens is 3. The van der Waals surface area contributed by atoms with Gasteiger partial charge in [-0.1, -0.05) is 67.2 Å². The van der Waals surface area contributed by atoms with E-state index in [9.17, 15) is 25.9 Å². The van der Waals surface area contributed by atoms with Gasteiger partial charge in [-0.15, -0.1) is 20.5 Å². The lowest BCUT2D eigenvalue weighted by Gasteiger charge is -2.22. The second kappa shape index (κ2) is 20.1. The highest BCUT2D eigenvalue weighted by Gasteiger charge is 2.19. The van der Waals surface area contributed by atoms with Crippen LogP contribution >= 0.6 is 11.8 Å². The predicted molar refractivity (Wildman–Crippen MR) is 259 cm³/mol. The summed E-state index contributed by atoms with van der Waals surface area (Å²) in [6.45, 7) is 13.2. The molecule has 0 radical (unpaired) electrons. The van der Waals surface area contributed by atoms with Crippen molar-refractivity contribution in [2.45, 2.75) is 49.6 Å². The van der Waals surface area contributed by atoms with Gasteiger partial charge >= 0.3 is 0 Å². The number of anilines is 6. The molecule has 1 heterocycles. The molecule has 7 aromatic rings. The van der Waals surface area contributed by atoms with Gasteiger partial charge in [-0.2, -0.15) is 31.8 Å². The fraction of sp³-hybridized carbons (Fsp3) is 0.222. The Hall–Kier alpha value is -6.58. The van der Waals surface area contributed by atoms with Crippen LogP contribution in [0.3, 0.4) is 0 Å². The van der Waals surface area contributed by atoms with Gasteiger partial charge in [-0.05, 0) is 94.1 Å². The van der Waals surface area contributed by atoms with Gasteiger partial charge in [0.1, 0.15) is 21.2 Å². The van der Waals surface area contributed by atoms with Gasteiger partial charge < -0.3 is 20.4 Å². The molecular formula is C45H47N11O6S3. The number of fused-ring (bicyclic) bond motifs is 2. The largest absolute Gasteiger partial charge is 0.372 e. The van der Waals surface area contributed by atoms with Crippen molar-refractivity contribution < 1.29 is 25.9 Å². The molecule has 0 fully saturated rings. The average Bonchev–Trinajstić information content (AvgIpc) is 3.28. The number of hydrogen-bond acceptors (Lipinski definition) is 16.